The minimum absolute atomic E-state index is 0.857. The standard InChI is InChI=1S/C62H43NO/c1-4-13-44(14-5-1)46-23-25-47(26-24-46)48-27-34-56(35-28-48)63(57-36-29-49(30-37-57)53-21-12-20-52(41-53)45-15-6-2-7-16-45)58-38-31-50(32-39-58)54-33-40-59(51-17-8-3-9-18-51)60(42-54)62-43-55-19-10-11-22-61(55)64-62/h1-43H. The van der Waals surface area contributed by atoms with Gasteiger partial charge in [0.05, 0.1) is 0 Å². The number of anilines is 3. The predicted molar refractivity (Wildman–Crippen MR) is 269 cm³/mol. The van der Waals surface area contributed by atoms with Crippen LogP contribution in [0.3, 0.4) is 0 Å². The molecule has 0 unspecified atom stereocenters. The number of hydrogen-bond donors (Lipinski definition) is 0. The molecule has 302 valence electrons. The highest BCUT2D eigenvalue weighted by Crippen LogP contribution is 2.41. The monoisotopic (exact) mass is 817 g/mol. The summed E-state index contributed by atoms with van der Waals surface area (Å²) in [7, 11) is 0. The summed E-state index contributed by atoms with van der Waals surface area (Å²) in [5.41, 5.74) is 19.3. The van der Waals surface area contributed by atoms with E-state index < -0.39 is 0 Å². The van der Waals surface area contributed by atoms with Crippen LogP contribution < -0.4 is 4.90 Å². The second-order valence-electron chi connectivity index (χ2n) is 16.1. The number of para-hydroxylation sites is 1. The van der Waals surface area contributed by atoms with Crippen LogP contribution in [0.25, 0.3) is 89.1 Å². The van der Waals surface area contributed by atoms with Crippen molar-refractivity contribution in [3.63, 3.8) is 0 Å². The first-order valence-electron chi connectivity index (χ1n) is 21.8. The lowest BCUT2D eigenvalue weighted by Gasteiger charge is -2.26. The maximum absolute atomic E-state index is 6.47. The van der Waals surface area contributed by atoms with E-state index in [4.69, 9.17) is 4.42 Å². The molecule has 1 aromatic heterocycles. The van der Waals surface area contributed by atoms with E-state index in [1.807, 2.05) is 12.1 Å². The number of fused-ring (bicyclic) bond motifs is 1. The zero-order chi connectivity index (χ0) is 42.7. The summed E-state index contributed by atoms with van der Waals surface area (Å²) in [5.74, 6) is 0.857. The predicted octanol–water partition coefficient (Wildman–Crippen LogP) is 17.6. The zero-order valence-electron chi connectivity index (χ0n) is 35.2. The van der Waals surface area contributed by atoms with Gasteiger partial charge in [-0.05, 0) is 127 Å². The summed E-state index contributed by atoms with van der Waals surface area (Å²) < 4.78 is 6.47. The van der Waals surface area contributed by atoms with Crippen molar-refractivity contribution in [1.82, 2.24) is 0 Å². The van der Waals surface area contributed by atoms with Crippen LogP contribution in [0.4, 0.5) is 17.1 Å². The van der Waals surface area contributed by atoms with Gasteiger partial charge in [0.1, 0.15) is 11.3 Å². The van der Waals surface area contributed by atoms with Crippen molar-refractivity contribution in [3.8, 4) is 78.1 Å². The molecule has 0 aliphatic carbocycles. The fourth-order valence-corrected chi connectivity index (χ4v) is 8.76. The third-order valence-electron chi connectivity index (χ3n) is 12.1. The fourth-order valence-electron chi connectivity index (χ4n) is 8.76. The number of hydrogen-bond acceptors (Lipinski definition) is 2. The molecule has 11 rings (SSSR count). The first-order valence-corrected chi connectivity index (χ1v) is 21.8. The van der Waals surface area contributed by atoms with E-state index in [9.17, 15) is 0 Å². The van der Waals surface area contributed by atoms with Crippen LogP contribution in [0, 0.1) is 0 Å². The SMILES string of the molecule is c1ccc(-c2ccc(-c3ccc(N(c4ccc(-c5cccc(-c6ccccc6)c5)cc4)c4ccc(-c5ccc(-c6ccccc6)c(-c6cc7ccccc7o6)c5)cc4)cc3)cc2)cc1. The molecular weight excluding hydrogens is 775 g/mol. The molecule has 64 heavy (non-hydrogen) atoms. The van der Waals surface area contributed by atoms with E-state index in [0.717, 1.165) is 61.6 Å². The highest BCUT2D eigenvalue weighted by Gasteiger charge is 2.17. The maximum atomic E-state index is 6.47. The summed E-state index contributed by atoms with van der Waals surface area (Å²) in [6.07, 6.45) is 0. The molecule has 0 aliphatic rings. The highest BCUT2D eigenvalue weighted by atomic mass is 16.3. The molecule has 0 spiro atoms. The van der Waals surface area contributed by atoms with Gasteiger partial charge >= 0.3 is 0 Å². The van der Waals surface area contributed by atoms with Crippen LogP contribution in [0.1, 0.15) is 0 Å². The lowest BCUT2D eigenvalue weighted by molar-refractivity contribution is 0.632. The Morgan fingerprint density at radius 3 is 1.09 bits per heavy atom. The van der Waals surface area contributed by atoms with E-state index in [2.05, 4.69) is 254 Å². The molecule has 0 atom stereocenters. The Balaban J connectivity index is 0.947. The summed E-state index contributed by atoms with van der Waals surface area (Å²) in [4.78, 5) is 2.34. The van der Waals surface area contributed by atoms with Gasteiger partial charge in [0.25, 0.3) is 0 Å². The Labute approximate surface area is 374 Å². The first kappa shape index (κ1) is 38.5. The Kier molecular flexibility index (Phi) is 10.3. The maximum Gasteiger partial charge on any atom is 0.136 e. The average molecular weight is 818 g/mol. The number of rotatable bonds is 10. The van der Waals surface area contributed by atoms with Crippen molar-refractivity contribution in [2.24, 2.45) is 0 Å². The summed E-state index contributed by atoms with van der Waals surface area (Å²) in [6.45, 7) is 0. The quantitative estimate of drug-likeness (QED) is 0.137. The van der Waals surface area contributed by atoms with Gasteiger partial charge < -0.3 is 9.32 Å². The third kappa shape index (κ3) is 7.81. The molecule has 0 N–H and O–H groups in total. The fraction of sp³-hybridized carbons (Fsp3) is 0. The molecule has 1 heterocycles. The molecule has 0 fully saturated rings. The molecule has 11 aromatic rings. The van der Waals surface area contributed by atoms with E-state index >= 15 is 0 Å². The van der Waals surface area contributed by atoms with Crippen molar-refractivity contribution in [2.45, 2.75) is 0 Å². The topological polar surface area (TPSA) is 16.4 Å². The third-order valence-corrected chi connectivity index (χ3v) is 12.1. The van der Waals surface area contributed by atoms with Gasteiger partial charge in [0.15, 0.2) is 0 Å². The summed E-state index contributed by atoms with van der Waals surface area (Å²) in [6, 6.07) is 93.1. The molecule has 2 nitrogen and oxygen atoms in total. The van der Waals surface area contributed by atoms with Crippen molar-refractivity contribution >= 4 is 28.0 Å². The van der Waals surface area contributed by atoms with Gasteiger partial charge in [0, 0.05) is 28.0 Å². The smallest absolute Gasteiger partial charge is 0.136 e. The Bertz CT molecular complexity index is 3280. The van der Waals surface area contributed by atoms with E-state index in [1.165, 1.54) is 44.5 Å². The number of nitrogens with zero attached hydrogens (tertiary/aromatic N) is 1. The van der Waals surface area contributed by atoms with Crippen LogP contribution in [0.2, 0.25) is 0 Å². The Hall–Kier alpha value is -8.46. The second-order valence-corrected chi connectivity index (χ2v) is 16.1. The van der Waals surface area contributed by atoms with Gasteiger partial charge in [0.2, 0.25) is 0 Å². The lowest BCUT2D eigenvalue weighted by atomic mass is 9.93. The van der Waals surface area contributed by atoms with Crippen LogP contribution in [0.5, 0.6) is 0 Å². The van der Waals surface area contributed by atoms with Gasteiger partial charge in [-0.3, -0.25) is 0 Å². The number of benzene rings is 10. The Morgan fingerprint density at radius 2 is 0.594 bits per heavy atom. The Morgan fingerprint density at radius 1 is 0.234 bits per heavy atom. The largest absolute Gasteiger partial charge is 0.456 e. The highest BCUT2D eigenvalue weighted by molar-refractivity contribution is 5.91. The molecular formula is C62H43NO. The van der Waals surface area contributed by atoms with Crippen LogP contribution in [-0.4, -0.2) is 0 Å². The zero-order valence-corrected chi connectivity index (χ0v) is 35.2. The van der Waals surface area contributed by atoms with Crippen molar-refractivity contribution in [2.75, 3.05) is 4.90 Å². The van der Waals surface area contributed by atoms with E-state index in [-0.39, 0.29) is 0 Å². The molecule has 0 saturated carbocycles. The second kappa shape index (κ2) is 17.1. The molecule has 0 saturated heterocycles. The molecule has 0 bridgehead atoms. The van der Waals surface area contributed by atoms with E-state index in [1.54, 1.807) is 0 Å². The number of furan rings is 1. The van der Waals surface area contributed by atoms with Gasteiger partial charge in [-0.25, -0.2) is 0 Å². The van der Waals surface area contributed by atoms with Crippen LogP contribution in [-0.2, 0) is 0 Å². The van der Waals surface area contributed by atoms with Gasteiger partial charge in [-0.15, -0.1) is 0 Å². The molecule has 0 radical (unpaired) electrons. The molecule has 10 aromatic carbocycles. The molecule has 0 amide bonds. The van der Waals surface area contributed by atoms with Crippen LogP contribution >= 0.6 is 0 Å². The van der Waals surface area contributed by atoms with Crippen LogP contribution in [0.15, 0.2) is 265 Å². The van der Waals surface area contributed by atoms with Gasteiger partial charge in [-0.2, -0.15) is 0 Å². The lowest BCUT2D eigenvalue weighted by Crippen LogP contribution is -2.09. The van der Waals surface area contributed by atoms with Crippen molar-refractivity contribution < 1.29 is 4.42 Å². The minimum atomic E-state index is 0.857. The molecule has 2 heteroatoms. The molecule has 0 aliphatic heterocycles. The van der Waals surface area contributed by atoms with Crippen molar-refractivity contribution in [3.05, 3.63) is 261 Å². The van der Waals surface area contributed by atoms with E-state index in [0.29, 0.717) is 0 Å². The summed E-state index contributed by atoms with van der Waals surface area (Å²) in [5, 5.41) is 1.09. The van der Waals surface area contributed by atoms with Crippen molar-refractivity contribution in [1.29, 1.82) is 0 Å². The summed E-state index contributed by atoms with van der Waals surface area (Å²) >= 11 is 0. The first-order chi connectivity index (χ1) is 31.7. The normalized spacial score (nSPS) is 11.1. The minimum Gasteiger partial charge on any atom is -0.456 e. The van der Waals surface area contributed by atoms with Gasteiger partial charge in [-0.1, -0.05) is 200 Å². The average Bonchev–Trinajstić information content (AvgIpc) is 3.83.